The molecule has 3 N–H and O–H groups in total. The fraction of sp³-hybridized carbons (Fsp3) is 0.0455. The molecule has 3 aromatic rings. The van der Waals surface area contributed by atoms with Crippen molar-refractivity contribution in [1.29, 1.82) is 0 Å². The number of rotatable bonds is 5. The van der Waals surface area contributed by atoms with E-state index >= 15 is 0 Å². The SMILES string of the molecule is CC(=O)Nc1cc(NC(=O)c2ccc(NC(=O)c3ccccc3)cc2)ccc1F. The van der Waals surface area contributed by atoms with Crippen LogP contribution >= 0.6 is 0 Å². The van der Waals surface area contributed by atoms with Gasteiger partial charge in [0.05, 0.1) is 5.69 Å². The van der Waals surface area contributed by atoms with Crippen LogP contribution in [-0.2, 0) is 4.79 Å². The third kappa shape index (κ3) is 5.26. The van der Waals surface area contributed by atoms with Gasteiger partial charge < -0.3 is 16.0 Å². The average Bonchev–Trinajstić information content (AvgIpc) is 2.71. The molecule has 7 heteroatoms. The fourth-order valence-corrected chi connectivity index (χ4v) is 2.59. The molecule has 3 amide bonds. The molecule has 0 atom stereocenters. The van der Waals surface area contributed by atoms with E-state index in [1.807, 2.05) is 6.07 Å². The molecule has 29 heavy (non-hydrogen) atoms. The summed E-state index contributed by atoms with van der Waals surface area (Å²) in [4.78, 5) is 35.7. The van der Waals surface area contributed by atoms with Gasteiger partial charge in [0.1, 0.15) is 5.82 Å². The maximum Gasteiger partial charge on any atom is 0.255 e. The van der Waals surface area contributed by atoms with Crippen LogP contribution in [0, 0.1) is 5.82 Å². The van der Waals surface area contributed by atoms with Crippen LogP contribution in [0.3, 0.4) is 0 Å². The van der Waals surface area contributed by atoms with Crippen LogP contribution < -0.4 is 16.0 Å². The highest BCUT2D eigenvalue weighted by Gasteiger charge is 2.10. The van der Waals surface area contributed by atoms with Crippen molar-refractivity contribution in [1.82, 2.24) is 0 Å². The summed E-state index contributed by atoms with van der Waals surface area (Å²) < 4.78 is 13.7. The quantitative estimate of drug-likeness (QED) is 0.606. The van der Waals surface area contributed by atoms with E-state index in [2.05, 4.69) is 16.0 Å². The van der Waals surface area contributed by atoms with Gasteiger partial charge in [-0.2, -0.15) is 0 Å². The fourth-order valence-electron chi connectivity index (χ4n) is 2.59. The summed E-state index contributed by atoms with van der Waals surface area (Å²) in [5.74, 6) is -1.68. The summed E-state index contributed by atoms with van der Waals surface area (Å²) in [5.41, 5.74) is 1.75. The van der Waals surface area contributed by atoms with Crippen molar-refractivity contribution in [3.05, 3.63) is 89.7 Å². The number of benzene rings is 3. The third-order valence-corrected chi connectivity index (χ3v) is 3.98. The van der Waals surface area contributed by atoms with Crippen LogP contribution in [0.1, 0.15) is 27.6 Å². The second-order valence-electron chi connectivity index (χ2n) is 6.23. The van der Waals surface area contributed by atoms with Crippen molar-refractivity contribution in [3.8, 4) is 0 Å². The Morgan fingerprint density at radius 1 is 0.690 bits per heavy atom. The molecule has 3 aromatic carbocycles. The summed E-state index contributed by atoms with van der Waals surface area (Å²) >= 11 is 0. The third-order valence-electron chi connectivity index (χ3n) is 3.98. The Bertz CT molecular complexity index is 1050. The highest BCUT2D eigenvalue weighted by atomic mass is 19.1. The number of carbonyl (C=O) groups excluding carboxylic acids is 3. The zero-order chi connectivity index (χ0) is 20.8. The van der Waals surface area contributed by atoms with Gasteiger partial charge in [0.2, 0.25) is 5.91 Å². The van der Waals surface area contributed by atoms with Crippen molar-refractivity contribution < 1.29 is 18.8 Å². The van der Waals surface area contributed by atoms with E-state index in [0.29, 0.717) is 22.5 Å². The maximum absolute atomic E-state index is 13.7. The van der Waals surface area contributed by atoms with E-state index in [-0.39, 0.29) is 11.6 Å². The van der Waals surface area contributed by atoms with Gasteiger partial charge in [0.15, 0.2) is 0 Å². The summed E-state index contributed by atoms with van der Waals surface area (Å²) in [6.45, 7) is 1.27. The minimum absolute atomic E-state index is 0.0192. The Kier molecular flexibility index (Phi) is 5.99. The van der Waals surface area contributed by atoms with Crippen molar-refractivity contribution >= 4 is 34.8 Å². The largest absolute Gasteiger partial charge is 0.324 e. The number of amides is 3. The van der Waals surface area contributed by atoms with E-state index in [4.69, 9.17) is 0 Å². The predicted octanol–water partition coefficient (Wildman–Crippen LogP) is 4.29. The van der Waals surface area contributed by atoms with Crippen LogP contribution in [0.15, 0.2) is 72.8 Å². The summed E-state index contributed by atoms with van der Waals surface area (Å²) in [6.07, 6.45) is 0. The number of nitrogens with one attached hydrogen (secondary N) is 3. The first-order valence-corrected chi connectivity index (χ1v) is 8.77. The van der Waals surface area contributed by atoms with Gasteiger partial charge in [-0.25, -0.2) is 4.39 Å². The van der Waals surface area contributed by atoms with Gasteiger partial charge >= 0.3 is 0 Å². The van der Waals surface area contributed by atoms with Gasteiger partial charge in [-0.15, -0.1) is 0 Å². The molecule has 146 valence electrons. The maximum atomic E-state index is 13.7. The Morgan fingerprint density at radius 3 is 1.86 bits per heavy atom. The molecule has 3 rings (SSSR count). The first kappa shape index (κ1) is 19.8. The Hall–Kier alpha value is -4.00. The van der Waals surface area contributed by atoms with Gasteiger partial charge in [0.25, 0.3) is 11.8 Å². The van der Waals surface area contributed by atoms with Gasteiger partial charge in [-0.3, -0.25) is 14.4 Å². The minimum atomic E-state index is -0.600. The van der Waals surface area contributed by atoms with E-state index in [1.54, 1.807) is 48.5 Å². The summed E-state index contributed by atoms with van der Waals surface area (Å²) in [5, 5.41) is 7.75. The van der Waals surface area contributed by atoms with Crippen LogP contribution in [-0.4, -0.2) is 17.7 Å². The highest BCUT2D eigenvalue weighted by Crippen LogP contribution is 2.20. The molecular formula is C22H18FN3O3. The van der Waals surface area contributed by atoms with E-state index in [9.17, 15) is 18.8 Å². The molecule has 6 nitrogen and oxygen atoms in total. The van der Waals surface area contributed by atoms with Crippen LogP contribution in [0.4, 0.5) is 21.5 Å². The molecule has 0 fully saturated rings. The average molecular weight is 391 g/mol. The standard InChI is InChI=1S/C22H18FN3O3/c1-14(27)24-20-13-18(11-12-19(20)23)26-22(29)16-7-9-17(10-8-16)25-21(28)15-5-3-2-4-6-15/h2-13H,1H3,(H,24,27)(H,25,28)(H,26,29). The molecular weight excluding hydrogens is 373 g/mol. The molecule has 0 aliphatic carbocycles. The zero-order valence-corrected chi connectivity index (χ0v) is 15.5. The number of hydrogen-bond acceptors (Lipinski definition) is 3. The normalized spacial score (nSPS) is 10.1. The molecule has 0 aliphatic rings. The van der Waals surface area contributed by atoms with Crippen LogP contribution in [0.5, 0.6) is 0 Å². The first-order chi connectivity index (χ1) is 13.9. The lowest BCUT2D eigenvalue weighted by molar-refractivity contribution is -0.114. The van der Waals surface area contributed by atoms with Gasteiger partial charge in [0, 0.05) is 29.4 Å². The van der Waals surface area contributed by atoms with Crippen molar-refractivity contribution in [2.75, 3.05) is 16.0 Å². The monoisotopic (exact) mass is 391 g/mol. The second-order valence-corrected chi connectivity index (χ2v) is 6.23. The van der Waals surface area contributed by atoms with Crippen molar-refractivity contribution in [2.45, 2.75) is 6.92 Å². The van der Waals surface area contributed by atoms with Gasteiger partial charge in [-0.1, -0.05) is 18.2 Å². The molecule has 0 saturated carbocycles. The molecule has 0 spiro atoms. The predicted molar refractivity (Wildman–Crippen MR) is 109 cm³/mol. The summed E-state index contributed by atoms with van der Waals surface area (Å²) in [7, 11) is 0. The Balaban J connectivity index is 1.66. The number of halogens is 1. The smallest absolute Gasteiger partial charge is 0.255 e. The van der Waals surface area contributed by atoms with Crippen LogP contribution in [0.25, 0.3) is 0 Å². The highest BCUT2D eigenvalue weighted by molar-refractivity contribution is 6.06. The number of carbonyl (C=O) groups is 3. The molecule has 0 unspecified atom stereocenters. The summed E-state index contributed by atoms with van der Waals surface area (Å²) in [6, 6.07) is 19.0. The van der Waals surface area contributed by atoms with Crippen molar-refractivity contribution in [2.24, 2.45) is 0 Å². The minimum Gasteiger partial charge on any atom is -0.324 e. The number of hydrogen-bond donors (Lipinski definition) is 3. The Morgan fingerprint density at radius 2 is 1.24 bits per heavy atom. The second kappa shape index (κ2) is 8.79. The molecule has 0 radical (unpaired) electrons. The van der Waals surface area contributed by atoms with E-state index in [1.165, 1.54) is 19.1 Å². The molecule has 0 aromatic heterocycles. The topological polar surface area (TPSA) is 87.3 Å². The van der Waals surface area contributed by atoms with Crippen molar-refractivity contribution in [3.63, 3.8) is 0 Å². The van der Waals surface area contributed by atoms with Gasteiger partial charge in [-0.05, 0) is 54.6 Å². The zero-order valence-electron chi connectivity index (χ0n) is 15.5. The number of anilines is 3. The Labute approximate surface area is 166 Å². The lowest BCUT2D eigenvalue weighted by Crippen LogP contribution is -2.14. The molecule has 0 aliphatic heterocycles. The van der Waals surface area contributed by atoms with E-state index in [0.717, 1.165) is 6.07 Å². The molecule has 0 saturated heterocycles. The lowest BCUT2D eigenvalue weighted by Gasteiger charge is -2.10. The molecule has 0 heterocycles. The molecule has 0 bridgehead atoms. The van der Waals surface area contributed by atoms with E-state index < -0.39 is 17.6 Å². The van der Waals surface area contributed by atoms with Crippen LogP contribution in [0.2, 0.25) is 0 Å². The first-order valence-electron chi connectivity index (χ1n) is 8.77. The lowest BCUT2D eigenvalue weighted by atomic mass is 10.1.